The Morgan fingerprint density at radius 1 is 1.35 bits per heavy atom. The molecule has 98 valence electrons. The number of halogens is 2. The van der Waals surface area contributed by atoms with Gasteiger partial charge in [0, 0.05) is 12.1 Å². The van der Waals surface area contributed by atoms with E-state index in [2.05, 4.69) is 4.72 Å². The van der Waals surface area contributed by atoms with Crippen molar-refractivity contribution in [1.82, 2.24) is 4.72 Å². The van der Waals surface area contributed by atoms with E-state index < -0.39 is 21.4 Å². The second-order valence-electron chi connectivity index (χ2n) is 4.24. The summed E-state index contributed by atoms with van der Waals surface area (Å²) in [6.45, 7) is 3.40. The average Bonchev–Trinajstić information content (AvgIpc) is 2.14. The van der Waals surface area contributed by atoms with Crippen molar-refractivity contribution in [3.8, 4) is 0 Å². The molecule has 0 aliphatic rings. The lowest BCUT2D eigenvalue weighted by molar-refractivity contribution is 0.494. The maximum atomic E-state index is 13.3. The number of sulfonamides is 1. The molecule has 4 nitrogen and oxygen atoms in total. The molecule has 0 spiro atoms. The van der Waals surface area contributed by atoms with Crippen LogP contribution in [0.3, 0.4) is 0 Å². The maximum absolute atomic E-state index is 13.3. The quantitative estimate of drug-likeness (QED) is 0.873. The van der Waals surface area contributed by atoms with E-state index in [-0.39, 0.29) is 23.8 Å². The Labute approximate surface area is 107 Å². The highest BCUT2D eigenvalue weighted by Gasteiger charge is 2.21. The third-order valence-corrected chi connectivity index (χ3v) is 3.28. The van der Waals surface area contributed by atoms with Crippen molar-refractivity contribution in [3.63, 3.8) is 0 Å². The van der Waals surface area contributed by atoms with E-state index in [4.69, 9.17) is 5.73 Å². The van der Waals surface area contributed by atoms with Gasteiger partial charge < -0.3 is 5.73 Å². The Kier molecular flexibility index (Phi) is 5.54. The molecule has 0 saturated carbocycles. The second-order valence-corrected chi connectivity index (χ2v) is 5.98. The van der Waals surface area contributed by atoms with Crippen LogP contribution in [-0.2, 0) is 10.0 Å². The van der Waals surface area contributed by atoms with E-state index in [1.807, 2.05) is 0 Å². The van der Waals surface area contributed by atoms with Gasteiger partial charge in [0.1, 0.15) is 10.7 Å². The summed E-state index contributed by atoms with van der Waals surface area (Å²) in [4.78, 5) is -0.362. The number of hydrogen-bond acceptors (Lipinski definition) is 3. The van der Waals surface area contributed by atoms with Gasteiger partial charge in [-0.2, -0.15) is 0 Å². The van der Waals surface area contributed by atoms with Gasteiger partial charge in [0.25, 0.3) is 0 Å². The third-order valence-electron chi connectivity index (χ3n) is 1.84. The fourth-order valence-electron chi connectivity index (χ4n) is 1.02. The lowest BCUT2D eigenvalue weighted by Gasteiger charge is -2.19. The molecule has 17 heavy (non-hydrogen) atoms. The number of benzene rings is 1. The molecule has 0 amide bonds. The molecular weight excluding hydrogens is 267 g/mol. The summed E-state index contributed by atoms with van der Waals surface area (Å²) in [6.07, 6.45) is 0. The van der Waals surface area contributed by atoms with Gasteiger partial charge in [-0.05, 0) is 26.0 Å². The molecule has 1 aromatic rings. The Morgan fingerprint density at radius 3 is 2.35 bits per heavy atom. The van der Waals surface area contributed by atoms with Gasteiger partial charge in [0.15, 0.2) is 0 Å². The second kappa shape index (κ2) is 5.77. The first-order valence-electron chi connectivity index (χ1n) is 4.75. The molecule has 0 heterocycles. The van der Waals surface area contributed by atoms with Crippen LogP contribution >= 0.6 is 12.4 Å². The van der Waals surface area contributed by atoms with Crippen molar-refractivity contribution < 1.29 is 12.8 Å². The van der Waals surface area contributed by atoms with Crippen LogP contribution in [0.25, 0.3) is 0 Å². The van der Waals surface area contributed by atoms with Crippen molar-refractivity contribution in [2.75, 3.05) is 6.54 Å². The Balaban J connectivity index is 0.00000256. The van der Waals surface area contributed by atoms with Gasteiger partial charge in [0.05, 0.1) is 0 Å². The van der Waals surface area contributed by atoms with E-state index in [1.165, 1.54) is 18.2 Å². The first kappa shape index (κ1) is 16.3. The third kappa shape index (κ3) is 4.99. The van der Waals surface area contributed by atoms with Gasteiger partial charge in [-0.3, -0.25) is 0 Å². The zero-order valence-electron chi connectivity index (χ0n) is 9.60. The van der Waals surface area contributed by atoms with Crippen LogP contribution in [0.2, 0.25) is 0 Å². The highest BCUT2D eigenvalue weighted by atomic mass is 35.5. The molecule has 3 N–H and O–H groups in total. The zero-order chi connectivity index (χ0) is 12.4. The maximum Gasteiger partial charge on any atom is 0.243 e. The van der Waals surface area contributed by atoms with Crippen LogP contribution in [-0.4, -0.2) is 20.5 Å². The summed E-state index contributed by atoms with van der Waals surface area (Å²) in [5.41, 5.74) is 4.96. The number of nitrogens with one attached hydrogen (secondary N) is 1. The number of hydrogen-bond donors (Lipinski definition) is 2. The Bertz CT molecular complexity index is 471. The summed E-state index contributed by atoms with van der Waals surface area (Å²) >= 11 is 0. The lowest BCUT2D eigenvalue weighted by Crippen LogP contribution is -2.45. The average molecular weight is 283 g/mol. The molecule has 0 atom stereocenters. The summed E-state index contributed by atoms with van der Waals surface area (Å²) in [5.74, 6) is -0.773. The van der Waals surface area contributed by atoms with Crippen LogP contribution < -0.4 is 10.5 Å². The molecule has 1 aromatic carbocycles. The highest BCUT2D eigenvalue weighted by molar-refractivity contribution is 7.89. The van der Waals surface area contributed by atoms with Crippen LogP contribution in [0.1, 0.15) is 13.8 Å². The van der Waals surface area contributed by atoms with Crippen LogP contribution in [0.5, 0.6) is 0 Å². The van der Waals surface area contributed by atoms with Crippen molar-refractivity contribution >= 4 is 22.4 Å². The standard InChI is InChI=1S/C10H15FN2O2S.ClH/c1-10(2,12)7-13-16(14,15)9-6-4-3-5-8(9)11;/h3-6,13H,7,12H2,1-2H3;1H. The van der Waals surface area contributed by atoms with Crippen LogP contribution in [0.15, 0.2) is 29.2 Å². The minimum atomic E-state index is -3.83. The van der Waals surface area contributed by atoms with Crippen molar-refractivity contribution in [2.24, 2.45) is 5.73 Å². The van der Waals surface area contributed by atoms with Gasteiger partial charge in [-0.25, -0.2) is 17.5 Å². The monoisotopic (exact) mass is 282 g/mol. The normalized spacial score (nSPS) is 12.0. The molecule has 0 aliphatic heterocycles. The van der Waals surface area contributed by atoms with E-state index in [0.717, 1.165) is 6.07 Å². The van der Waals surface area contributed by atoms with Gasteiger partial charge in [-0.15, -0.1) is 12.4 Å². The summed E-state index contributed by atoms with van der Waals surface area (Å²) in [7, 11) is -3.83. The molecule has 0 radical (unpaired) electrons. The molecule has 7 heteroatoms. The zero-order valence-corrected chi connectivity index (χ0v) is 11.2. The van der Waals surface area contributed by atoms with Gasteiger partial charge >= 0.3 is 0 Å². The fraction of sp³-hybridized carbons (Fsp3) is 0.400. The summed E-state index contributed by atoms with van der Waals surface area (Å²) in [5, 5.41) is 0. The predicted molar refractivity (Wildman–Crippen MR) is 67.1 cm³/mol. The Hall–Kier alpha value is -0.690. The first-order chi connectivity index (χ1) is 7.22. The molecular formula is C10H16ClFN2O2S. The van der Waals surface area contributed by atoms with Crippen LogP contribution in [0, 0.1) is 5.82 Å². The van der Waals surface area contributed by atoms with Crippen molar-refractivity contribution in [1.29, 1.82) is 0 Å². The molecule has 1 rings (SSSR count). The Morgan fingerprint density at radius 2 is 1.88 bits per heavy atom. The predicted octanol–water partition coefficient (Wildman–Crippen LogP) is 1.26. The number of rotatable bonds is 4. The molecule has 0 bridgehead atoms. The summed E-state index contributed by atoms with van der Waals surface area (Å²) < 4.78 is 38.9. The largest absolute Gasteiger partial charge is 0.324 e. The van der Waals surface area contributed by atoms with E-state index in [1.54, 1.807) is 13.8 Å². The smallest absolute Gasteiger partial charge is 0.243 e. The van der Waals surface area contributed by atoms with Gasteiger partial charge in [-0.1, -0.05) is 12.1 Å². The van der Waals surface area contributed by atoms with Crippen LogP contribution in [0.4, 0.5) is 4.39 Å². The molecule has 0 saturated heterocycles. The highest BCUT2D eigenvalue weighted by Crippen LogP contribution is 2.13. The summed E-state index contributed by atoms with van der Waals surface area (Å²) in [6, 6.07) is 5.20. The molecule has 0 aliphatic carbocycles. The lowest BCUT2D eigenvalue weighted by atomic mass is 10.1. The van der Waals surface area contributed by atoms with Crippen molar-refractivity contribution in [2.45, 2.75) is 24.3 Å². The van der Waals surface area contributed by atoms with Gasteiger partial charge in [0.2, 0.25) is 10.0 Å². The van der Waals surface area contributed by atoms with E-state index >= 15 is 0 Å². The fourth-order valence-corrected chi connectivity index (χ4v) is 2.32. The minimum absolute atomic E-state index is 0. The topological polar surface area (TPSA) is 72.2 Å². The van der Waals surface area contributed by atoms with E-state index in [0.29, 0.717) is 0 Å². The SMILES string of the molecule is CC(C)(N)CNS(=O)(=O)c1ccccc1F.Cl. The minimum Gasteiger partial charge on any atom is -0.324 e. The first-order valence-corrected chi connectivity index (χ1v) is 6.24. The molecule has 0 unspecified atom stereocenters. The van der Waals surface area contributed by atoms with Crippen molar-refractivity contribution in [3.05, 3.63) is 30.1 Å². The molecule has 0 aromatic heterocycles. The number of nitrogens with two attached hydrogens (primary N) is 1. The molecule has 0 fully saturated rings. The van der Waals surface area contributed by atoms with E-state index in [9.17, 15) is 12.8 Å².